The molecule has 2 aliphatic heterocycles. The Morgan fingerprint density at radius 2 is 1.81 bits per heavy atom. The number of hydrogen-bond acceptors (Lipinski definition) is 11. The highest BCUT2D eigenvalue weighted by molar-refractivity contribution is 7.43. The number of phosphoric acid groups is 1. The van der Waals surface area contributed by atoms with Crippen LogP contribution in [0, 0.1) is 13.8 Å². The molecule has 0 spiro atoms. The predicted octanol–water partition coefficient (Wildman–Crippen LogP) is -1.12. The summed E-state index contributed by atoms with van der Waals surface area (Å²) in [5.41, 5.74) is 2.84. The first-order valence-electron chi connectivity index (χ1n) is 11.4. The fourth-order valence-electron chi connectivity index (χ4n) is 5.08. The van der Waals surface area contributed by atoms with Crippen LogP contribution in [0.5, 0.6) is 0 Å². The van der Waals surface area contributed by atoms with Gasteiger partial charge in [0, 0.05) is 6.54 Å². The summed E-state index contributed by atoms with van der Waals surface area (Å²) in [6, 6.07) is 1.86. The molecule has 2 aromatic rings. The van der Waals surface area contributed by atoms with Gasteiger partial charge in [-0.05, 0) is 48.4 Å². The molecule has 14 heteroatoms. The molecular formula is C22H29N4O9P-2. The second kappa shape index (κ2) is 9.10. The number of rotatable bonds is 7. The zero-order chi connectivity index (χ0) is 26.7. The molecule has 0 fully saturated rings. The average Bonchev–Trinajstić information content (AvgIpc) is 2.76. The van der Waals surface area contributed by atoms with Crippen molar-refractivity contribution in [2.75, 3.05) is 29.5 Å². The van der Waals surface area contributed by atoms with Gasteiger partial charge in [0.15, 0.2) is 0 Å². The first kappa shape index (κ1) is 26.6. The number of aromatic nitrogens is 2. The Kier molecular flexibility index (Phi) is 6.71. The van der Waals surface area contributed by atoms with E-state index in [1.165, 1.54) is 4.90 Å². The van der Waals surface area contributed by atoms with Crippen molar-refractivity contribution in [2.45, 2.75) is 57.8 Å². The average molecular weight is 524 g/mol. The van der Waals surface area contributed by atoms with Crippen LogP contribution in [0.25, 0.3) is 0 Å². The molecule has 0 aliphatic carbocycles. The van der Waals surface area contributed by atoms with Crippen LogP contribution in [0.15, 0.2) is 15.7 Å². The Labute approximate surface area is 206 Å². The first-order valence-corrected chi connectivity index (χ1v) is 12.9. The van der Waals surface area contributed by atoms with Crippen LogP contribution in [-0.4, -0.2) is 63.3 Å². The van der Waals surface area contributed by atoms with Gasteiger partial charge in [0.2, 0.25) is 0 Å². The lowest BCUT2D eigenvalue weighted by atomic mass is 9.73. The van der Waals surface area contributed by atoms with Crippen LogP contribution in [-0.2, 0) is 14.5 Å². The second-order valence-corrected chi connectivity index (χ2v) is 11.1. The van der Waals surface area contributed by atoms with E-state index in [2.05, 4.69) is 28.3 Å². The maximum Gasteiger partial charge on any atom is 0.327 e. The predicted molar refractivity (Wildman–Crippen MR) is 127 cm³/mol. The number of nitrogens with zero attached hydrogens (tertiary/aromatic N) is 2. The molecule has 4 rings (SSSR count). The molecule has 0 saturated carbocycles. The number of aliphatic hydroxyl groups is 3. The van der Waals surface area contributed by atoms with Crippen LogP contribution in [0.1, 0.15) is 37.0 Å². The molecule has 5 N–H and O–H groups in total. The highest BCUT2D eigenvalue weighted by Gasteiger charge is 2.43. The van der Waals surface area contributed by atoms with Crippen molar-refractivity contribution in [1.82, 2.24) is 9.97 Å². The molecule has 36 heavy (non-hydrogen) atoms. The Bertz CT molecular complexity index is 1350. The number of aromatic amines is 2. The number of hydrogen-bond donors (Lipinski definition) is 5. The maximum atomic E-state index is 13.0. The fourth-order valence-corrected chi connectivity index (χ4v) is 5.42. The van der Waals surface area contributed by atoms with Gasteiger partial charge in [0.1, 0.15) is 29.8 Å². The quantitative estimate of drug-likeness (QED) is 0.274. The molecule has 2 aliphatic rings. The second-order valence-electron chi connectivity index (χ2n) is 9.93. The lowest BCUT2D eigenvalue weighted by molar-refractivity contribution is -0.343. The summed E-state index contributed by atoms with van der Waals surface area (Å²) in [5, 5.41) is 31.3. The Hall–Kier alpha value is -2.51. The lowest BCUT2D eigenvalue weighted by Gasteiger charge is -2.48. The number of aryl methyl sites for hydroxylation is 1. The van der Waals surface area contributed by atoms with Crippen molar-refractivity contribution in [3.63, 3.8) is 0 Å². The van der Waals surface area contributed by atoms with E-state index in [0.717, 1.165) is 28.8 Å². The van der Waals surface area contributed by atoms with Gasteiger partial charge in [-0.25, -0.2) is 4.79 Å². The van der Waals surface area contributed by atoms with E-state index < -0.39 is 44.0 Å². The molecule has 0 saturated heterocycles. The number of aliphatic hydroxyl groups excluding tert-OH is 3. The van der Waals surface area contributed by atoms with Crippen molar-refractivity contribution in [1.29, 1.82) is 0 Å². The maximum absolute atomic E-state index is 13.0. The summed E-state index contributed by atoms with van der Waals surface area (Å²) in [5.74, 6) is 0.103. The molecule has 1 aromatic carbocycles. The summed E-state index contributed by atoms with van der Waals surface area (Å²) in [7, 11) is -5.40. The topological polar surface area (TPSA) is 205 Å². The van der Waals surface area contributed by atoms with Gasteiger partial charge in [-0.3, -0.25) is 14.8 Å². The van der Waals surface area contributed by atoms with E-state index in [9.17, 15) is 39.3 Å². The van der Waals surface area contributed by atoms with E-state index in [-0.39, 0.29) is 23.5 Å². The Morgan fingerprint density at radius 3 is 2.44 bits per heavy atom. The highest BCUT2D eigenvalue weighted by atomic mass is 31.2. The number of benzene rings is 1. The van der Waals surface area contributed by atoms with E-state index >= 15 is 0 Å². The minimum absolute atomic E-state index is 0.103. The van der Waals surface area contributed by atoms with E-state index in [1.54, 1.807) is 0 Å². The van der Waals surface area contributed by atoms with Gasteiger partial charge >= 0.3 is 5.69 Å². The van der Waals surface area contributed by atoms with Crippen LogP contribution in [0.3, 0.4) is 0 Å². The van der Waals surface area contributed by atoms with E-state index in [0.29, 0.717) is 12.2 Å². The highest BCUT2D eigenvalue weighted by Crippen LogP contribution is 2.54. The number of phosphoric ester groups is 1. The summed E-state index contributed by atoms with van der Waals surface area (Å²) < 4.78 is 14.7. The van der Waals surface area contributed by atoms with Crippen LogP contribution in [0.4, 0.5) is 22.9 Å². The van der Waals surface area contributed by atoms with Crippen molar-refractivity contribution < 1.29 is 34.2 Å². The summed E-state index contributed by atoms with van der Waals surface area (Å²) in [6.45, 7) is 7.18. The molecule has 0 unspecified atom stereocenters. The summed E-state index contributed by atoms with van der Waals surface area (Å²) in [6.07, 6.45) is -4.77. The first-order chi connectivity index (χ1) is 16.6. The smallest absolute Gasteiger partial charge is 0.327 e. The molecule has 0 bridgehead atoms. The van der Waals surface area contributed by atoms with Gasteiger partial charge in [-0.2, -0.15) is 0 Å². The molecule has 13 nitrogen and oxygen atoms in total. The summed E-state index contributed by atoms with van der Waals surface area (Å²) in [4.78, 5) is 54.8. The van der Waals surface area contributed by atoms with Gasteiger partial charge in [0.25, 0.3) is 5.56 Å². The van der Waals surface area contributed by atoms with E-state index in [1.807, 2.05) is 24.8 Å². The number of fused-ring (bicyclic) bond motifs is 2. The third kappa shape index (κ3) is 4.63. The third-order valence-electron chi connectivity index (χ3n) is 7.00. The standard InChI is InChI=1S/C22H31N4O9P/c1-10-7-12-16-15(11(10)2)22(3,4)5-6-25(16)17-19(23-21(31)24-20(17)30)26(12)8-13(27)18(29)14(28)9-35-36(32,33)34/h7,13-14,18,27-29H,5-6,8-9H2,1-4H3,(H2,32,33,34)(H2,23,24,30,31)/p-2/t13-,14+,18-/m0/s1. The van der Waals surface area contributed by atoms with Gasteiger partial charge < -0.3 is 44.0 Å². The van der Waals surface area contributed by atoms with Gasteiger partial charge in [0.05, 0.1) is 32.3 Å². The largest absolute Gasteiger partial charge is 0.790 e. The molecule has 1 aromatic heterocycles. The number of β-amino-alcohol motifs (C(OH)–C–C–N with tert-alkyl or cyclic N) is 1. The van der Waals surface area contributed by atoms with Gasteiger partial charge in [-0.1, -0.05) is 13.8 Å². The lowest BCUT2D eigenvalue weighted by Crippen LogP contribution is -2.49. The molecule has 3 heterocycles. The van der Waals surface area contributed by atoms with Crippen LogP contribution >= 0.6 is 7.82 Å². The normalized spacial score (nSPS) is 18.9. The van der Waals surface area contributed by atoms with Crippen molar-refractivity contribution in [3.05, 3.63) is 43.6 Å². The molecule has 0 radical (unpaired) electrons. The number of anilines is 4. The van der Waals surface area contributed by atoms with Crippen molar-refractivity contribution >= 4 is 30.7 Å². The zero-order valence-corrected chi connectivity index (χ0v) is 21.2. The van der Waals surface area contributed by atoms with E-state index in [4.69, 9.17) is 0 Å². The summed E-state index contributed by atoms with van der Waals surface area (Å²) >= 11 is 0. The Balaban J connectivity index is 1.82. The Morgan fingerprint density at radius 1 is 1.14 bits per heavy atom. The monoisotopic (exact) mass is 524 g/mol. The number of H-pyrrole nitrogens is 2. The fraction of sp³-hybridized carbons (Fsp3) is 0.545. The van der Waals surface area contributed by atoms with Crippen LogP contribution in [0.2, 0.25) is 0 Å². The SMILES string of the molecule is Cc1cc2c3c(c1C)C(C)(C)CCN3c1c([nH]c(=O)[nH]c1=O)N2C[C@H](O)[C@H](O)[C@H](O)COP(=O)([O-])[O-]. The van der Waals surface area contributed by atoms with Crippen LogP contribution < -0.4 is 30.8 Å². The third-order valence-corrected chi connectivity index (χ3v) is 7.46. The zero-order valence-electron chi connectivity index (χ0n) is 20.3. The van der Waals surface area contributed by atoms with Crippen molar-refractivity contribution in [2.24, 2.45) is 0 Å². The molecule has 0 amide bonds. The minimum atomic E-state index is -5.40. The van der Waals surface area contributed by atoms with Crippen molar-refractivity contribution in [3.8, 4) is 0 Å². The molecule has 3 atom stereocenters. The molecule has 198 valence electrons. The number of nitrogens with one attached hydrogen (secondary N) is 2. The molecular weight excluding hydrogens is 495 g/mol. The van der Waals surface area contributed by atoms with Gasteiger partial charge in [-0.15, -0.1) is 0 Å². The minimum Gasteiger partial charge on any atom is -0.790 e.